The van der Waals surface area contributed by atoms with E-state index in [4.69, 9.17) is 16.7 Å². The van der Waals surface area contributed by atoms with Gasteiger partial charge in [-0.3, -0.25) is 0 Å². The number of alkyl halides is 1. The lowest BCUT2D eigenvalue weighted by atomic mass is 10.0. The minimum atomic E-state index is -3.92. The zero-order valence-electron chi connectivity index (χ0n) is 13.8. The quantitative estimate of drug-likeness (QED) is 0.825. The molecule has 0 saturated carbocycles. The summed E-state index contributed by atoms with van der Waals surface area (Å²) < 4.78 is 38.7. The van der Waals surface area contributed by atoms with Crippen molar-refractivity contribution in [3.05, 3.63) is 23.1 Å². The molecule has 1 aliphatic rings. The molecule has 0 atom stereocenters. The summed E-state index contributed by atoms with van der Waals surface area (Å²) in [6, 6.07) is 1.52. The first kappa shape index (κ1) is 18.3. The van der Waals surface area contributed by atoms with Gasteiger partial charge in [0.1, 0.15) is 23.7 Å². The zero-order valence-corrected chi connectivity index (χ0v) is 15.3. The molecule has 1 saturated heterocycles. The highest BCUT2D eigenvalue weighted by Crippen LogP contribution is 2.29. The van der Waals surface area contributed by atoms with Gasteiger partial charge in [0.2, 0.25) is 0 Å². The lowest BCUT2D eigenvalue weighted by Gasteiger charge is -2.37. The van der Waals surface area contributed by atoms with E-state index in [1.165, 1.54) is 6.33 Å². The molecule has 0 aliphatic carbocycles. The number of hydrogen-bond donors (Lipinski definition) is 1. The molecule has 8 nitrogen and oxygen atoms in total. The number of fused-ring (bicyclic) bond motifs is 1. The minimum absolute atomic E-state index is 0.214. The van der Waals surface area contributed by atoms with Crippen LogP contribution >= 0.6 is 11.6 Å². The number of halogens is 2. The Morgan fingerprint density at radius 1 is 1.44 bits per heavy atom. The van der Waals surface area contributed by atoms with E-state index in [-0.39, 0.29) is 12.6 Å². The molecule has 0 radical (unpaired) electrons. The fraction of sp³-hybridized carbons (Fsp3) is 0.571. The average Bonchev–Trinajstić information content (AvgIpc) is 2.86. The Balaban J connectivity index is 1.81. The van der Waals surface area contributed by atoms with E-state index in [1.54, 1.807) is 4.52 Å². The number of aromatic nitrogens is 3. The number of nitrogens with zero attached hydrogens (tertiary/aromatic N) is 5. The lowest BCUT2D eigenvalue weighted by Crippen LogP contribution is -2.50. The van der Waals surface area contributed by atoms with Crippen molar-refractivity contribution >= 4 is 33.1 Å². The maximum atomic E-state index is 12.7. The molecule has 2 aromatic heterocycles. The van der Waals surface area contributed by atoms with Gasteiger partial charge in [0, 0.05) is 25.7 Å². The second-order valence-electron chi connectivity index (χ2n) is 6.06. The first-order valence-corrected chi connectivity index (χ1v) is 9.80. The predicted molar refractivity (Wildman–Crippen MR) is 93.8 cm³/mol. The van der Waals surface area contributed by atoms with Crippen molar-refractivity contribution in [3.63, 3.8) is 0 Å². The van der Waals surface area contributed by atoms with E-state index in [0.717, 1.165) is 21.2 Å². The fourth-order valence-electron chi connectivity index (χ4n) is 3.36. The number of aryl methyl sites for hydroxylation is 1. The molecule has 0 unspecified atom stereocenters. The smallest absolute Gasteiger partial charge is 0.277 e. The van der Waals surface area contributed by atoms with Crippen molar-refractivity contribution < 1.29 is 12.8 Å². The molecule has 0 bridgehead atoms. The fourth-order valence-corrected chi connectivity index (χ4v) is 4.60. The predicted octanol–water partition coefficient (Wildman–Crippen LogP) is 1.13. The van der Waals surface area contributed by atoms with Crippen LogP contribution in [0.25, 0.3) is 5.52 Å². The van der Waals surface area contributed by atoms with Crippen LogP contribution in [-0.4, -0.2) is 59.7 Å². The third kappa shape index (κ3) is 3.57. The van der Waals surface area contributed by atoms with Crippen LogP contribution in [0.5, 0.6) is 0 Å². The average molecular weight is 391 g/mol. The van der Waals surface area contributed by atoms with Crippen LogP contribution in [0.15, 0.2) is 12.4 Å². The van der Waals surface area contributed by atoms with Gasteiger partial charge in [-0.15, -0.1) is 0 Å². The third-order valence-electron chi connectivity index (χ3n) is 4.49. The van der Waals surface area contributed by atoms with Crippen LogP contribution in [0, 0.1) is 6.92 Å². The highest BCUT2D eigenvalue weighted by atomic mass is 35.5. The number of rotatable bonds is 5. The highest BCUT2D eigenvalue weighted by Gasteiger charge is 2.31. The summed E-state index contributed by atoms with van der Waals surface area (Å²) in [7, 11) is -3.92. The summed E-state index contributed by atoms with van der Waals surface area (Å²) in [5.74, 6) is 0.755. The molecule has 3 heterocycles. The highest BCUT2D eigenvalue weighted by molar-refractivity contribution is 7.86. The number of hydrogen-bond acceptors (Lipinski definition) is 5. The van der Waals surface area contributed by atoms with Gasteiger partial charge < -0.3 is 4.90 Å². The summed E-state index contributed by atoms with van der Waals surface area (Å²) in [4.78, 5) is 6.44. The normalized spacial score (nSPS) is 16.9. The largest absolute Gasteiger partial charge is 0.355 e. The van der Waals surface area contributed by atoms with Crippen LogP contribution < -0.4 is 10.0 Å². The van der Waals surface area contributed by atoms with Crippen molar-refractivity contribution in [3.8, 4) is 0 Å². The molecular weight excluding hydrogens is 371 g/mol. The van der Waals surface area contributed by atoms with Crippen molar-refractivity contribution in [1.82, 2.24) is 18.9 Å². The second kappa shape index (κ2) is 7.02. The Labute approximate surface area is 150 Å². The molecule has 0 aromatic carbocycles. The van der Waals surface area contributed by atoms with Crippen LogP contribution in [0.2, 0.25) is 5.15 Å². The SMILES string of the molecule is Cc1cc(Cl)n2ncnc(N3CCC(N(CCF)S(N)(=O)=O)CC3)c12. The number of piperidine rings is 1. The molecule has 2 N–H and O–H groups in total. The Hall–Kier alpha value is -1.49. The van der Waals surface area contributed by atoms with Gasteiger partial charge in [-0.25, -0.2) is 19.0 Å². The van der Waals surface area contributed by atoms with Gasteiger partial charge in [0.25, 0.3) is 10.2 Å². The van der Waals surface area contributed by atoms with Gasteiger partial charge in [0.05, 0.1) is 0 Å². The van der Waals surface area contributed by atoms with E-state index in [2.05, 4.69) is 15.0 Å². The van der Waals surface area contributed by atoms with E-state index in [9.17, 15) is 12.8 Å². The Kier molecular flexibility index (Phi) is 5.14. The standard InChI is InChI=1S/C14H20ClFN6O2S/c1-10-8-12(15)22-13(10)14(18-9-19-22)20-5-2-11(3-6-20)21(7-4-16)25(17,23)24/h8-9,11H,2-7H2,1H3,(H2,17,23,24). The molecule has 138 valence electrons. The van der Waals surface area contributed by atoms with Gasteiger partial charge in [-0.1, -0.05) is 11.6 Å². The first-order valence-electron chi connectivity index (χ1n) is 7.92. The van der Waals surface area contributed by atoms with E-state index < -0.39 is 16.9 Å². The van der Waals surface area contributed by atoms with Gasteiger partial charge in [-0.05, 0) is 31.4 Å². The Morgan fingerprint density at radius 2 is 2.12 bits per heavy atom. The molecule has 2 aromatic rings. The van der Waals surface area contributed by atoms with Crippen LogP contribution in [0.4, 0.5) is 10.2 Å². The molecule has 0 amide bonds. The lowest BCUT2D eigenvalue weighted by molar-refractivity contribution is 0.255. The second-order valence-corrected chi connectivity index (χ2v) is 7.94. The van der Waals surface area contributed by atoms with Crippen molar-refractivity contribution in [2.45, 2.75) is 25.8 Å². The topological polar surface area (TPSA) is 96.8 Å². The molecule has 25 heavy (non-hydrogen) atoms. The summed E-state index contributed by atoms with van der Waals surface area (Å²) in [6.07, 6.45) is 2.53. The molecule has 1 aliphatic heterocycles. The summed E-state index contributed by atoms with van der Waals surface area (Å²) >= 11 is 6.17. The minimum Gasteiger partial charge on any atom is -0.355 e. The Bertz CT molecular complexity index is 866. The molecule has 1 fully saturated rings. The van der Waals surface area contributed by atoms with Crippen LogP contribution in [0.1, 0.15) is 18.4 Å². The van der Waals surface area contributed by atoms with Gasteiger partial charge in [0.15, 0.2) is 5.82 Å². The number of nitrogens with two attached hydrogens (primary N) is 1. The van der Waals surface area contributed by atoms with Crippen molar-refractivity contribution in [1.29, 1.82) is 0 Å². The zero-order chi connectivity index (χ0) is 18.2. The summed E-state index contributed by atoms with van der Waals surface area (Å²) in [5.41, 5.74) is 1.80. The van der Waals surface area contributed by atoms with Crippen LogP contribution in [-0.2, 0) is 10.2 Å². The maximum Gasteiger partial charge on any atom is 0.277 e. The summed E-state index contributed by atoms with van der Waals surface area (Å²) in [5, 5.41) is 9.89. The maximum absolute atomic E-state index is 12.7. The van der Waals surface area contributed by atoms with Gasteiger partial charge in [-0.2, -0.15) is 17.8 Å². The third-order valence-corrected chi connectivity index (χ3v) is 5.89. The van der Waals surface area contributed by atoms with Gasteiger partial charge >= 0.3 is 0 Å². The molecule has 0 spiro atoms. The van der Waals surface area contributed by atoms with Crippen LogP contribution in [0.3, 0.4) is 0 Å². The van der Waals surface area contributed by atoms with E-state index in [1.807, 2.05) is 13.0 Å². The van der Waals surface area contributed by atoms with E-state index in [0.29, 0.717) is 31.1 Å². The van der Waals surface area contributed by atoms with Crippen molar-refractivity contribution in [2.24, 2.45) is 5.14 Å². The summed E-state index contributed by atoms with van der Waals surface area (Å²) in [6.45, 7) is 2.13. The number of anilines is 1. The molecular formula is C14H20ClFN6O2S. The Morgan fingerprint density at radius 3 is 2.72 bits per heavy atom. The first-order chi connectivity index (χ1) is 11.8. The molecule has 3 rings (SSSR count). The van der Waals surface area contributed by atoms with E-state index >= 15 is 0 Å². The monoisotopic (exact) mass is 390 g/mol. The van der Waals surface area contributed by atoms with Crippen molar-refractivity contribution in [2.75, 3.05) is 31.2 Å². The molecule has 11 heteroatoms.